The minimum absolute atomic E-state index is 0.486. The second-order valence-corrected chi connectivity index (χ2v) is 6.13. The van der Waals surface area contributed by atoms with Crippen molar-refractivity contribution < 1.29 is 8.78 Å². The lowest BCUT2D eigenvalue weighted by Gasteiger charge is -2.28. The second kappa shape index (κ2) is 7.85. The van der Waals surface area contributed by atoms with Gasteiger partial charge in [0.2, 0.25) is 0 Å². The Morgan fingerprint density at radius 2 is 2.00 bits per heavy atom. The highest BCUT2D eigenvalue weighted by atomic mass is 19.1. The average molecular weight is 296 g/mol. The molecule has 0 bridgehead atoms. The monoisotopic (exact) mass is 296 g/mol. The van der Waals surface area contributed by atoms with E-state index in [0.717, 1.165) is 44.2 Å². The molecule has 1 aromatic carbocycles. The van der Waals surface area contributed by atoms with Crippen LogP contribution < -0.4 is 5.32 Å². The van der Waals surface area contributed by atoms with E-state index in [9.17, 15) is 8.78 Å². The van der Waals surface area contributed by atoms with Gasteiger partial charge in [-0.15, -0.1) is 0 Å². The third kappa shape index (κ3) is 5.04. The molecule has 2 nitrogen and oxygen atoms in total. The van der Waals surface area contributed by atoms with E-state index in [4.69, 9.17) is 0 Å². The topological polar surface area (TPSA) is 15.3 Å². The van der Waals surface area contributed by atoms with Crippen molar-refractivity contribution >= 4 is 0 Å². The number of nitrogens with one attached hydrogen (secondary N) is 1. The van der Waals surface area contributed by atoms with Gasteiger partial charge in [0.1, 0.15) is 11.6 Å². The molecule has 1 aromatic rings. The Balaban J connectivity index is 1.91. The number of nitrogens with zero attached hydrogens (tertiary/aromatic N) is 1. The van der Waals surface area contributed by atoms with Crippen LogP contribution >= 0.6 is 0 Å². The molecule has 0 saturated carbocycles. The van der Waals surface area contributed by atoms with Crippen LogP contribution in [-0.2, 0) is 6.42 Å². The number of hydrogen-bond acceptors (Lipinski definition) is 2. The highest BCUT2D eigenvalue weighted by Crippen LogP contribution is 2.14. The first-order valence-electron chi connectivity index (χ1n) is 7.99. The van der Waals surface area contributed by atoms with Gasteiger partial charge in [0.25, 0.3) is 0 Å². The molecule has 0 aromatic heterocycles. The quantitative estimate of drug-likeness (QED) is 0.897. The van der Waals surface area contributed by atoms with Gasteiger partial charge in [-0.3, -0.25) is 0 Å². The number of halogens is 2. The SMILES string of the molecule is CCC(C)C1CN(CCc2cc(F)cc(F)c2)CCCN1. The molecule has 2 unspecified atom stereocenters. The highest BCUT2D eigenvalue weighted by Gasteiger charge is 2.21. The van der Waals surface area contributed by atoms with Crippen LogP contribution in [0.5, 0.6) is 0 Å². The van der Waals surface area contributed by atoms with Crippen molar-refractivity contribution in [2.75, 3.05) is 26.2 Å². The summed E-state index contributed by atoms with van der Waals surface area (Å²) in [5.74, 6) is -0.322. The van der Waals surface area contributed by atoms with E-state index in [1.807, 2.05) is 0 Å². The summed E-state index contributed by atoms with van der Waals surface area (Å²) < 4.78 is 26.4. The number of hydrogen-bond donors (Lipinski definition) is 1. The summed E-state index contributed by atoms with van der Waals surface area (Å²) in [5.41, 5.74) is 0.741. The van der Waals surface area contributed by atoms with Gasteiger partial charge in [-0.25, -0.2) is 8.78 Å². The van der Waals surface area contributed by atoms with Crippen molar-refractivity contribution in [2.24, 2.45) is 5.92 Å². The van der Waals surface area contributed by atoms with E-state index in [-0.39, 0.29) is 0 Å². The van der Waals surface area contributed by atoms with Crippen LogP contribution in [0.1, 0.15) is 32.3 Å². The predicted molar refractivity (Wildman–Crippen MR) is 82.4 cm³/mol. The molecule has 0 spiro atoms. The van der Waals surface area contributed by atoms with Gasteiger partial charge in [0, 0.05) is 25.2 Å². The molecule has 118 valence electrons. The minimum Gasteiger partial charge on any atom is -0.312 e. The van der Waals surface area contributed by atoms with Crippen molar-refractivity contribution in [3.8, 4) is 0 Å². The molecule has 0 aliphatic carbocycles. The molecule has 1 N–H and O–H groups in total. The van der Waals surface area contributed by atoms with Gasteiger partial charge in [0.05, 0.1) is 0 Å². The van der Waals surface area contributed by atoms with Crippen molar-refractivity contribution in [3.05, 3.63) is 35.4 Å². The van der Waals surface area contributed by atoms with Gasteiger partial charge < -0.3 is 10.2 Å². The Kier molecular flexibility index (Phi) is 6.12. The van der Waals surface area contributed by atoms with Crippen LogP contribution in [0.2, 0.25) is 0 Å². The van der Waals surface area contributed by atoms with Crippen LogP contribution in [0.25, 0.3) is 0 Å². The third-order valence-electron chi connectivity index (χ3n) is 4.48. The van der Waals surface area contributed by atoms with E-state index in [0.29, 0.717) is 18.4 Å². The molecule has 2 rings (SSSR count). The molecular formula is C17H26F2N2. The smallest absolute Gasteiger partial charge is 0.126 e. The first-order valence-corrected chi connectivity index (χ1v) is 7.99. The summed E-state index contributed by atoms with van der Waals surface area (Å²) in [5, 5.41) is 3.62. The van der Waals surface area contributed by atoms with Crippen LogP contribution in [0, 0.1) is 17.6 Å². The van der Waals surface area contributed by atoms with Crippen LogP contribution in [0.15, 0.2) is 18.2 Å². The molecule has 4 heteroatoms. The maximum Gasteiger partial charge on any atom is 0.126 e. The Hall–Kier alpha value is -1.00. The lowest BCUT2D eigenvalue weighted by molar-refractivity contribution is 0.240. The Labute approximate surface area is 126 Å². The summed E-state index contributed by atoms with van der Waals surface area (Å²) in [6.07, 6.45) is 2.99. The largest absolute Gasteiger partial charge is 0.312 e. The fourth-order valence-corrected chi connectivity index (χ4v) is 2.94. The van der Waals surface area contributed by atoms with Gasteiger partial charge in [0.15, 0.2) is 0 Å². The molecule has 1 heterocycles. The molecule has 21 heavy (non-hydrogen) atoms. The van der Waals surface area contributed by atoms with Crippen molar-refractivity contribution in [3.63, 3.8) is 0 Å². The zero-order valence-corrected chi connectivity index (χ0v) is 13.0. The van der Waals surface area contributed by atoms with Gasteiger partial charge in [-0.05, 0) is 49.5 Å². The average Bonchev–Trinajstić information content (AvgIpc) is 2.69. The highest BCUT2D eigenvalue weighted by molar-refractivity contribution is 5.18. The molecule has 1 saturated heterocycles. The minimum atomic E-state index is -0.486. The zero-order valence-electron chi connectivity index (χ0n) is 13.0. The summed E-state index contributed by atoms with van der Waals surface area (Å²) >= 11 is 0. The van der Waals surface area contributed by atoms with Crippen LogP contribution in [0.3, 0.4) is 0 Å². The molecule has 1 aliphatic heterocycles. The maximum absolute atomic E-state index is 13.2. The van der Waals surface area contributed by atoms with Gasteiger partial charge >= 0.3 is 0 Å². The zero-order chi connectivity index (χ0) is 15.2. The van der Waals surface area contributed by atoms with E-state index in [2.05, 4.69) is 24.1 Å². The summed E-state index contributed by atoms with van der Waals surface area (Å²) in [4.78, 5) is 2.42. The molecule has 0 radical (unpaired) electrons. The van der Waals surface area contributed by atoms with Crippen molar-refractivity contribution in [2.45, 2.75) is 39.2 Å². The molecule has 1 fully saturated rings. The predicted octanol–water partition coefficient (Wildman–Crippen LogP) is 3.22. The Bertz CT molecular complexity index is 430. The maximum atomic E-state index is 13.2. The fraction of sp³-hybridized carbons (Fsp3) is 0.647. The lowest BCUT2D eigenvalue weighted by Crippen LogP contribution is -2.42. The summed E-state index contributed by atoms with van der Waals surface area (Å²) in [6.45, 7) is 8.49. The summed E-state index contributed by atoms with van der Waals surface area (Å²) in [6, 6.07) is 4.32. The second-order valence-electron chi connectivity index (χ2n) is 6.13. The number of rotatable bonds is 5. The summed E-state index contributed by atoms with van der Waals surface area (Å²) in [7, 11) is 0. The Morgan fingerprint density at radius 1 is 1.29 bits per heavy atom. The lowest BCUT2D eigenvalue weighted by atomic mass is 9.99. The number of benzene rings is 1. The molecule has 0 amide bonds. The van der Waals surface area contributed by atoms with E-state index < -0.39 is 11.6 Å². The fourth-order valence-electron chi connectivity index (χ4n) is 2.94. The van der Waals surface area contributed by atoms with E-state index in [1.165, 1.54) is 18.6 Å². The Morgan fingerprint density at radius 3 is 2.67 bits per heavy atom. The van der Waals surface area contributed by atoms with Crippen molar-refractivity contribution in [1.29, 1.82) is 0 Å². The van der Waals surface area contributed by atoms with E-state index >= 15 is 0 Å². The molecule has 1 aliphatic rings. The first kappa shape index (κ1) is 16.4. The first-order chi connectivity index (χ1) is 10.1. The van der Waals surface area contributed by atoms with Gasteiger partial charge in [-0.1, -0.05) is 20.3 Å². The third-order valence-corrected chi connectivity index (χ3v) is 4.48. The van der Waals surface area contributed by atoms with E-state index in [1.54, 1.807) is 0 Å². The molecule has 2 atom stereocenters. The van der Waals surface area contributed by atoms with Crippen LogP contribution in [-0.4, -0.2) is 37.1 Å². The normalized spacial score (nSPS) is 22.0. The van der Waals surface area contributed by atoms with Gasteiger partial charge in [-0.2, -0.15) is 0 Å². The van der Waals surface area contributed by atoms with Crippen molar-refractivity contribution in [1.82, 2.24) is 10.2 Å². The van der Waals surface area contributed by atoms with Crippen LogP contribution in [0.4, 0.5) is 8.78 Å². The molecular weight excluding hydrogens is 270 g/mol. The standard InChI is InChI=1S/C17H26F2N2/c1-3-13(2)17-12-21(7-4-6-20-17)8-5-14-9-15(18)11-16(19)10-14/h9-11,13,17,20H,3-8,12H2,1-2H3.